The number of hydrogen-bond acceptors (Lipinski definition) is 5. The van der Waals surface area contributed by atoms with Gasteiger partial charge in [0.1, 0.15) is 0 Å². The molecule has 0 aromatic heterocycles. The minimum absolute atomic E-state index is 0.0163. The first kappa shape index (κ1) is 56.1. The van der Waals surface area contributed by atoms with E-state index < -0.39 is 12.1 Å². The van der Waals surface area contributed by atoms with Crippen molar-refractivity contribution in [3.05, 3.63) is 36.5 Å². The quantitative estimate of drug-likeness (QED) is 0.0323. The number of rotatable bonds is 46. The van der Waals surface area contributed by atoms with Crippen molar-refractivity contribution < 1.29 is 24.5 Å². The summed E-state index contributed by atoms with van der Waals surface area (Å²) in [6, 6.07) is -0.670. The molecule has 0 radical (unpaired) electrons. The van der Waals surface area contributed by atoms with Crippen molar-refractivity contribution in [3.8, 4) is 0 Å². The maximum Gasteiger partial charge on any atom is 0.305 e. The standard InChI is InChI=1S/C52H97NO5/c1-3-5-7-9-11-13-15-17-18-22-26-30-34-38-42-46-52(57)58-47-43-39-35-31-27-23-19-21-25-29-33-37-41-45-51(56)53-49(48-54)50(55)44-40-36-32-28-24-20-16-14-12-10-8-6-4-2/h21,25,33,37,40,44,49-50,54-55H,3-20,22-24,26-32,34-36,38-39,41-43,45-48H2,1-2H3,(H,53,56)/b25-21-,37-33-,44-40+. The summed E-state index contributed by atoms with van der Waals surface area (Å²) in [5.41, 5.74) is 0. The van der Waals surface area contributed by atoms with E-state index in [4.69, 9.17) is 4.74 Å². The number of allylic oxidation sites excluding steroid dienone is 5. The van der Waals surface area contributed by atoms with E-state index in [1.54, 1.807) is 6.08 Å². The van der Waals surface area contributed by atoms with Crippen molar-refractivity contribution in [3.63, 3.8) is 0 Å². The van der Waals surface area contributed by atoms with E-state index in [1.807, 2.05) is 12.2 Å². The molecule has 3 N–H and O–H groups in total. The van der Waals surface area contributed by atoms with Crippen molar-refractivity contribution >= 4 is 11.9 Å². The Labute approximate surface area is 360 Å². The van der Waals surface area contributed by atoms with Crippen LogP contribution in [-0.2, 0) is 14.3 Å². The molecule has 0 heterocycles. The molecule has 0 spiro atoms. The molecule has 0 aromatic rings. The molecule has 6 heteroatoms. The third kappa shape index (κ3) is 43.7. The average molecular weight is 816 g/mol. The summed E-state index contributed by atoms with van der Waals surface area (Å²) in [7, 11) is 0. The van der Waals surface area contributed by atoms with Crippen LogP contribution in [0.15, 0.2) is 36.5 Å². The minimum atomic E-state index is -0.878. The summed E-state index contributed by atoms with van der Waals surface area (Å²) >= 11 is 0. The average Bonchev–Trinajstić information content (AvgIpc) is 3.22. The molecule has 0 bridgehead atoms. The van der Waals surface area contributed by atoms with Crippen LogP contribution in [0.4, 0.5) is 0 Å². The van der Waals surface area contributed by atoms with E-state index in [0.29, 0.717) is 25.9 Å². The molecule has 0 saturated carbocycles. The van der Waals surface area contributed by atoms with Gasteiger partial charge in [-0.05, 0) is 51.4 Å². The van der Waals surface area contributed by atoms with Gasteiger partial charge in [0.2, 0.25) is 5.91 Å². The fourth-order valence-electron chi connectivity index (χ4n) is 7.51. The molecular formula is C52H97NO5. The number of esters is 1. The summed E-state index contributed by atoms with van der Waals surface area (Å²) in [4.78, 5) is 24.4. The van der Waals surface area contributed by atoms with Gasteiger partial charge in [0, 0.05) is 12.8 Å². The second-order valence-corrected chi connectivity index (χ2v) is 17.1. The summed E-state index contributed by atoms with van der Waals surface area (Å²) in [5, 5.41) is 22.9. The highest BCUT2D eigenvalue weighted by atomic mass is 16.5. The van der Waals surface area contributed by atoms with Gasteiger partial charge in [0.05, 0.1) is 25.4 Å². The van der Waals surface area contributed by atoms with Crippen molar-refractivity contribution in [1.29, 1.82) is 0 Å². The Kier molecular flexibility index (Phi) is 46.2. The molecule has 0 aliphatic rings. The molecule has 0 fully saturated rings. The lowest BCUT2D eigenvalue weighted by molar-refractivity contribution is -0.143. The summed E-state index contributed by atoms with van der Waals surface area (Å²) in [6.45, 7) is 4.83. The third-order valence-corrected chi connectivity index (χ3v) is 11.4. The first-order valence-electron chi connectivity index (χ1n) is 25.3. The molecule has 0 aliphatic heterocycles. The maximum atomic E-state index is 12.4. The molecule has 2 unspecified atom stereocenters. The van der Waals surface area contributed by atoms with E-state index in [9.17, 15) is 19.8 Å². The van der Waals surface area contributed by atoms with Crippen LogP contribution in [0.25, 0.3) is 0 Å². The van der Waals surface area contributed by atoms with Gasteiger partial charge in [0.25, 0.3) is 0 Å². The predicted molar refractivity (Wildman–Crippen MR) is 250 cm³/mol. The predicted octanol–water partition coefficient (Wildman–Crippen LogP) is 14.9. The first-order chi connectivity index (χ1) is 28.5. The Hall–Kier alpha value is -1.92. The van der Waals surface area contributed by atoms with Crippen molar-refractivity contribution in [2.75, 3.05) is 13.2 Å². The second kappa shape index (κ2) is 47.8. The van der Waals surface area contributed by atoms with Crippen LogP contribution in [-0.4, -0.2) is 47.4 Å². The normalized spacial score (nSPS) is 13.0. The van der Waals surface area contributed by atoms with Gasteiger partial charge in [-0.1, -0.05) is 230 Å². The number of hydrogen-bond donors (Lipinski definition) is 3. The van der Waals surface area contributed by atoms with Gasteiger partial charge >= 0.3 is 5.97 Å². The number of amides is 1. The number of aliphatic hydroxyl groups excluding tert-OH is 2. The lowest BCUT2D eigenvalue weighted by atomic mass is 10.0. The molecule has 0 aromatic carbocycles. The molecule has 0 saturated heterocycles. The number of aliphatic hydroxyl groups is 2. The van der Waals surface area contributed by atoms with Crippen LogP contribution in [0, 0.1) is 0 Å². The molecule has 340 valence electrons. The number of carbonyl (C=O) groups excluding carboxylic acids is 2. The van der Waals surface area contributed by atoms with Gasteiger partial charge in [-0.25, -0.2) is 0 Å². The van der Waals surface area contributed by atoms with Gasteiger partial charge in [0.15, 0.2) is 0 Å². The highest BCUT2D eigenvalue weighted by Gasteiger charge is 2.17. The summed E-state index contributed by atoms with van der Waals surface area (Å²) in [6.07, 6.45) is 57.3. The Morgan fingerprint density at radius 3 is 1.34 bits per heavy atom. The van der Waals surface area contributed by atoms with Crippen LogP contribution in [0.5, 0.6) is 0 Å². The van der Waals surface area contributed by atoms with E-state index in [-0.39, 0.29) is 18.5 Å². The number of carbonyl (C=O) groups is 2. The molecule has 0 aliphatic carbocycles. The molecule has 0 rings (SSSR count). The molecule has 58 heavy (non-hydrogen) atoms. The van der Waals surface area contributed by atoms with Crippen LogP contribution in [0.2, 0.25) is 0 Å². The molecular weight excluding hydrogens is 719 g/mol. The monoisotopic (exact) mass is 816 g/mol. The largest absolute Gasteiger partial charge is 0.466 e. The fourth-order valence-corrected chi connectivity index (χ4v) is 7.51. The van der Waals surface area contributed by atoms with Gasteiger partial charge in [-0.15, -0.1) is 0 Å². The van der Waals surface area contributed by atoms with E-state index in [0.717, 1.165) is 51.4 Å². The van der Waals surface area contributed by atoms with Crippen LogP contribution in [0.3, 0.4) is 0 Å². The maximum absolute atomic E-state index is 12.4. The SMILES string of the molecule is CCCCCCCCCCCCC/C=C/C(O)C(CO)NC(=O)CC/C=C\C/C=C\CCCCCCCCOC(=O)CCCCCCCCCCCCCCCCC. The van der Waals surface area contributed by atoms with E-state index in [1.165, 1.54) is 173 Å². The van der Waals surface area contributed by atoms with Gasteiger partial charge < -0.3 is 20.3 Å². The van der Waals surface area contributed by atoms with E-state index in [2.05, 4.69) is 37.4 Å². The minimum Gasteiger partial charge on any atom is -0.466 e. The topological polar surface area (TPSA) is 95.9 Å². The highest BCUT2D eigenvalue weighted by molar-refractivity contribution is 5.76. The van der Waals surface area contributed by atoms with Crippen molar-refractivity contribution in [2.45, 2.75) is 270 Å². The molecule has 6 nitrogen and oxygen atoms in total. The Balaban J connectivity index is 3.57. The zero-order valence-electron chi connectivity index (χ0n) is 38.5. The fraction of sp³-hybridized carbons (Fsp3) is 0.846. The Bertz CT molecular complexity index is 946. The van der Waals surface area contributed by atoms with Crippen molar-refractivity contribution in [2.24, 2.45) is 0 Å². The molecule has 1 amide bonds. The third-order valence-electron chi connectivity index (χ3n) is 11.4. The van der Waals surface area contributed by atoms with Gasteiger partial charge in [-0.2, -0.15) is 0 Å². The lowest BCUT2D eigenvalue weighted by Gasteiger charge is -2.19. The number of unbranched alkanes of at least 4 members (excludes halogenated alkanes) is 31. The summed E-state index contributed by atoms with van der Waals surface area (Å²) < 4.78 is 5.45. The first-order valence-corrected chi connectivity index (χ1v) is 25.3. The second-order valence-electron chi connectivity index (χ2n) is 17.1. The highest BCUT2D eigenvalue weighted by Crippen LogP contribution is 2.15. The smallest absolute Gasteiger partial charge is 0.305 e. The van der Waals surface area contributed by atoms with Crippen LogP contribution >= 0.6 is 0 Å². The van der Waals surface area contributed by atoms with Crippen molar-refractivity contribution in [1.82, 2.24) is 5.32 Å². The number of ether oxygens (including phenoxy) is 1. The Morgan fingerprint density at radius 1 is 0.483 bits per heavy atom. The summed E-state index contributed by atoms with van der Waals surface area (Å²) in [5.74, 6) is -0.166. The van der Waals surface area contributed by atoms with Crippen LogP contribution in [0.1, 0.15) is 258 Å². The zero-order chi connectivity index (χ0) is 42.3. The van der Waals surface area contributed by atoms with Crippen LogP contribution < -0.4 is 5.32 Å². The van der Waals surface area contributed by atoms with E-state index >= 15 is 0 Å². The van der Waals surface area contributed by atoms with Gasteiger partial charge in [-0.3, -0.25) is 9.59 Å². The molecule has 2 atom stereocenters. The zero-order valence-corrected chi connectivity index (χ0v) is 38.5. The number of nitrogens with one attached hydrogen (secondary N) is 1. The lowest BCUT2D eigenvalue weighted by Crippen LogP contribution is -2.45. The Morgan fingerprint density at radius 2 is 0.879 bits per heavy atom.